The highest BCUT2D eigenvalue weighted by Gasteiger charge is 2.36. The molecule has 5 heteroatoms. The minimum atomic E-state index is 0. The monoisotopic (exact) mass is 393 g/mol. The molecular formula is C14H24IN3S. The molecule has 1 heterocycles. The molecule has 0 amide bonds. The summed E-state index contributed by atoms with van der Waals surface area (Å²) in [6, 6.07) is 5.20. The number of thiophene rings is 1. The normalized spacial score (nSPS) is 23.4. The number of hydrogen-bond acceptors (Lipinski definition) is 2. The molecule has 0 aromatic carbocycles. The van der Waals surface area contributed by atoms with Crippen molar-refractivity contribution in [2.45, 2.75) is 45.2 Å². The van der Waals surface area contributed by atoms with Crippen LogP contribution >= 0.6 is 35.3 Å². The van der Waals surface area contributed by atoms with Gasteiger partial charge in [0.25, 0.3) is 0 Å². The van der Waals surface area contributed by atoms with Crippen LogP contribution in [0.1, 0.15) is 44.0 Å². The minimum absolute atomic E-state index is 0. The van der Waals surface area contributed by atoms with Crippen LogP contribution in [0.5, 0.6) is 0 Å². The Balaban J connectivity index is 0.00000180. The fourth-order valence-electron chi connectivity index (χ4n) is 2.27. The molecule has 3 unspecified atom stereocenters. The van der Waals surface area contributed by atoms with Gasteiger partial charge in [0, 0.05) is 18.0 Å². The molecule has 1 aromatic rings. The minimum Gasteiger partial charge on any atom is -0.353 e. The molecule has 2 rings (SSSR count). The van der Waals surface area contributed by atoms with Gasteiger partial charge >= 0.3 is 0 Å². The van der Waals surface area contributed by atoms with Crippen molar-refractivity contribution in [3.8, 4) is 0 Å². The van der Waals surface area contributed by atoms with Gasteiger partial charge in [-0.15, -0.1) is 35.3 Å². The zero-order valence-corrected chi connectivity index (χ0v) is 15.0. The summed E-state index contributed by atoms with van der Waals surface area (Å²) >= 11 is 1.78. The summed E-state index contributed by atoms with van der Waals surface area (Å²) in [6.07, 6.45) is 3.90. The highest BCUT2D eigenvalue weighted by atomic mass is 127. The number of nitrogens with zero attached hydrogens (tertiary/aromatic N) is 1. The van der Waals surface area contributed by atoms with Crippen LogP contribution in [0, 0.1) is 5.92 Å². The number of guanidine groups is 1. The number of hydrogen-bond donors (Lipinski definition) is 2. The molecule has 0 bridgehead atoms. The van der Waals surface area contributed by atoms with E-state index in [2.05, 4.69) is 47.0 Å². The van der Waals surface area contributed by atoms with Crippen molar-refractivity contribution in [1.29, 1.82) is 0 Å². The Kier molecular flexibility index (Phi) is 7.13. The van der Waals surface area contributed by atoms with Gasteiger partial charge in [-0.1, -0.05) is 19.4 Å². The zero-order valence-electron chi connectivity index (χ0n) is 11.8. The van der Waals surface area contributed by atoms with Gasteiger partial charge in [0.05, 0.1) is 6.04 Å². The molecular weight excluding hydrogens is 369 g/mol. The van der Waals surface area contributed by atoms with E-state index in [4.69, 9.17) is 0 Å². The summed E-state index contributed by atoms with van der Waals surface area (Å²) in [5.41, 5.74) is 0. The van der Waals surface area contributed by atoms with Gasteiger partial charge in [-0.2, -0.15) is 0 Å². The van der Waals surface area contributed by atoms with Gasteiger partial charge in [0.2, 0.25) is 0 Å². The number of nitrogens with one attached hydrogen (secondary N) is 2. The predicted octanol–water partition coefficient (Wildman–Crippen LogP) is 3.78. The lowest BCUT2D eigenvalue weighted by molar-refractivity contribution is 0.642. The van der Waals surface area contributed by atoms with Gasteiger partial charge in [-0.3, -0.25) is 4.99 Å². The van der Waals surface area contributed by atoms with Gasteiger partial charge in [0.1, 0.15) is 0 Å². The van der Waals surface area contributed by atoms with Crippen molar-refractivity contribution in [2.24, 2.45) is 10.9 Å². The highest BCUT2D eigenvalue weighted by Crippen LogP contribution is 2.34. The number of aliphatic imine (C=N–C) groups is 1. The molecule has 1 aliphatic rings. The van der Waals surface area contributed by atoms with Crippen LogP contribution in [0.3, 0.4) is 0 Å². The molecule has 2 N–H and O–H groups in total. The Hall–Kier alpha value is -0.300. The fraction of sp³-hybridized carbons (Fsp3) is 0.643. The molecule has 108 valence electrons. The fourth-order valence-corrected chi connectivity index (χ4v) is 3.01. The Labute approximate surface area is 137 Å². The van der Waals surface area contributed by atoms with Crippen LogP contribution in [0.4, 0.5) is 0 Å². The molecule has 0 aliphatic heterocycles. The van der Waals surface area contributed by atoms with E-state index in [1.54, 1.807) is 11.3 Å². The lowest BCUT2D eigenvalue weighted by atomic mass is 10.2. The van der Waals surface area contributed by atoms with Crippen LogP contribution in [0.2, 0.25) is 0 Å². The topological polar surface area (TPSA) is 36.4 Å². The Bertz CT molecular complexity index is 391. The summed E-state index contributed by atoms with van der Waals surface area (Å²) in [7, 11) is 1.84. The van der Waals surface area contributed by atoms with Crippen molar-refractivity contribution >= 4 is 41.3 Å². The second-order valence-corrected chi connectivity index (χ2v) is 5.97. The molecule has 3 nitrogen and oxygen atoms in total. The summed E-state index contributed by atoms with van der Waals surface area (Å²) in [5.74, 6) is 1.78. The molecule has 0 spiro atoms. The molecule has 1 saturated carbocycles. The molecule has 3 atom stereocenters. The SMILES string of the molecule is CCCC1CC1NC(=NC)NC(C)c1cccs1.I. The van der Waals surface area contributed by atoms with E-state index in [-0.39, 0.29) is 24.0 Å². The lowest BCUT2D eigenvalue weighted by Crippen LogP contribution is -2.40. The van der Waals surface area contributed by atoms with E-state index in [9.17, 15) is 0 Å². The maximum absolute atomic E-state index is 4.31. The van der Waals surface area contributed by atoms with Gasteiger partial charge in [-0.25, -0.2) is 0 Å². The van der Waals surface area contributed by atoms with Crippen LogP contribution in [-0.4, -0.2) is 19.0 Å². The largest absolute Gasteiger partial charge is 0.353 e. The first-order valence-electron chi connectivity index (χ1n) is 6.77. The maximum Gasteiger partial charge on any atom is 0.191 e. The molecule has 1 aromatic heterocycles. The van der Waals surface area contributed by atoms with E-state index in [1.165, 1.54) is 24.1 Å². The zero-order chi connectivity index (χ0) is 13.0. The summed E-state index contributed by atoms with van der Waals surface area (Å²) in [6.45, 7) is 4.43. The second kappa shape index (κ2) is 8.09. The third-order valence-electron chi connectivity index (χ3n) is 3.45. The Morgan fingerprint density at radius 3 is 2.95 bits per heavy atom. The Morgan fingerprint density at radius 1 is 1.58 bits per heavy atom. The van der Waals surface area contributed by atoms with Crippen LogP contribution in [0.15, 0.2) is 22.5 Å². The molecule has 1 fully saturated rings. The van der Waals surface area contributed by atoms with Crippen molar-refractivity contribution in [3.05, 3.63) is 22.4 Å². The van der Waals surface area contributed by atoms with Crippen molar-refractivity contribution < 1.29 is 0 Å². The number of rotatable bonds is 5. The third kappa shape index (κ3) is 4.95. The average Bonchev–Trinajstić information content (AvgIpc) is 2.89. The van der Waals surface area contributed by atoms with E-state index < -0.39 is 0 Å². The van der Waals surface area contributed by atoms with Crippen molar-refractivity contribution in [3.63, 3.8) is 0 Å². The van der Waals surface area contributed by atoms with Crippen LogP contribution in [0.25, 0.3) is 0 Å². The molecule has 0 radical (unpaired) electrons. The van der Waals surface area contributed by atoms with Gasteiger partial charge in [0.15, 0.2) is 5.96 Å². The lowest BCUT2D eigenvalue weighted by Gasteiger charge is -2.17. The average molecular weight is 393 g/mol. The standard InChI is InChI=1S/C14H23N3S.HI/c1-4-6-11-9-12(11)17-14(15-3)16-10(2)13-7-5-8-18-13;/h5,7-8,10-12H,4,6,9H2,1-3H3,(H2,15,16,17);1H. The predicted molar refractivity (Wildman–Crippen MR) is 94.6 cm³/mol. The summed E-state index contributed by atoms with van der Waals surface area (Å²) in [4.78, 5) is 5.66. The first-order valence-corrected chi connectivity index (χ1v) is 7.65. The first-order chi connectivity index (χ1) is 8.74. The quantitative estimate of drug-likeness (QED) is 0.454. The van der Waals surface area contributed by atoms with Gasteiger partial charge < -0.3 is 10.6 Å². The van der Waals surface area contributed by atoms with Crippen LogP contribution in [-0.2, 0) is 0 Å². The molecule has 19 heavy (non-hydrogen) atoms. The van der Waals surface area contributed by atoms with Gasteiger partial charge in [-0.05, 0) is 37.1 Å². The van der Waals surface area contributed by atoms with E-state index in [1.807, 2.05) is 7.05 Å². The Morgan fingerprint density at radius 2 is 2.37 bits per heavy atom. The number of halogens is 1. The van der Waals surface area contributed by atoms with Crippen molar-refractivity contribution in [1.82, 2.24) is 10.6 Å². The molecule has 1 aliphatic carbocycles. The first kappa shape index (κ1) is 16.8. The summed E-state index contributed by atoms with van der Waals surface area (Å²) in [5, 5.41) is 9.08. The third-order valence-corrected chi connectivity index (χ3v) is 4.51. The van der Waals surface area contributed by atoms with E-state index in [0.717, 1.165) is 11.9 Å². The smallest absolute Gasteiger partial charge is 0.191 e. The van der Waals surface area contributed by atoms with E-state index in [0.29, 0.717) is 12.1 Å². The molecule has 0 saturated heterocycles. The van der Waals surface area contributed by atoms with E-state index >= 15 is 0 Å². The summed E-state index contributed by atoms with van der Waals surface area (Å²) < 4.78 is 0. The van der Waals surface area contributed by atoms with Crippen molar-refractivity contribution in [2.75, 3.05) is 7.05 Å². The van der Waals surface area contributed by atoms with Crippen LogP contribution < -0.4 is 10.6 Å². The second-order valence-electron chi connectivity index (χ2n) is 4.99. The maximum atomic E-state index is 4.31. The highest BCUT2D eigenvalue weighted by molar-refractivity contribution is 14.0.